The van der Waals surface area contributed by atoms with Crippen molar-refractivity contribution in [2.75, 3.05) is 11.4 Å². The van der Waals surface area contributed by atoms with Crippen LogP contribution in [-0.4, -0.2) is 28.3 Å². The van der Waals surface area contributed by atoms with Crippen molar-refractivity contribution in [1.82, 2.24) is 4.98 Å². The lowest BCUT2D eigenvalue weighted by molar-refractivity contribution is -0.135. The van der Waals surface area contributed by atoms with Crippen LogP contribution >= 0.6 is 0 Å². The summed E-state index contributed by atoms with van der Waals surface area (Å²) >= 11 is 0. The van der Waals surface area contributed by atoms with Crippen LogP contribution in [0.5, 0.6) is 0 Å². The van der Waals surface area contributed by atoms with E-state index in [0.717, 1.165) is 16.5 Å². The van der Waals surface area contributed by atoms with Gasteiger partial charge in [0.2, 0.25) is 0 Å². The molecule has 1 aromatic heterocycles. The number of fused-ring (bicyclic) bond motifs is 2. The zero-order valence-electron chi connectivity index (χ0n) is 16.9. The summed E-state index contributed by atoms with van der Waals surface area (Å²) < 4.78 is 0. The summed E-state index contributed by atoms with van der Waals surface area (Å²) in [5.74, 6) is -0.706. The number of aromatic amines is 1. The smallest absolute Gasteiger partial charge is 0.264 e. The summed E-state index contributed by atoms with van der Waals surface area (Å²) in [4.78, 5) is 31.1. The molecule has 0 radical (unpaired) electrons. The van der Waals surface area contributed by atoms with Crippen molar-refractivity contribution >= 4 is 28.3 Å². The molecule has 4 aromatic rings. The van der Waals surface area contributed by atoms with Gasteiger partial charge in [0.05, 0.1) is 12.1 Å². The average Bonchev–Trinajstić information content (AvgIpc) is 3.31. The van der Waals surface area contributed by atoms with Crippen LogP contribution in [0.3, 0.4) is 0 Å². The first-order valence-electron chi connectivity index (χ1n) is 10.3. The van der Waals surface area contributed by atoms with Gasteiger partial charge in [-0.2, -0.15) is 0 Å². The number of aliphatic hydroxyl groups is 1. The van der Waals surface area contributed by atoms with Gasteiger partial charge in [0.15, 0.2) is 11.4 Å². The van der Waals surface area contributed by atoms with Crippen molar-refractivity contribution in [1.29, 1.82) is 0 Å². The third kappa shape index (κ3) is 3.23. The third-order valence-electron chi connectivity index (χ3n) is 6.03. The Balaban J connectivity index is 1.43. The van der Waals surface area contributed by atoms with E-state index in [1.54, 1.807) is 41.3 Å². The van der Waals surface area contributed by atoms with Gasteiger partial charge in [-0.1, -0.05) is 66.7 Å². The Hall–Kier alpha value is -3.70. The molecule has 1 unspecified atom stereocenters. The van der Waals surface area contributed by atoms with E-state index in [1.807, 2.05) is 42.6 Å². The zero-order valence-corrected chi connectivity index (χ0v) is 16.9. The van der Waals surface area contributed by atoms with Gasteiger partial charge in [0.1, 0.15) is 0 Å². The normalized spacial score (nSPS) is 17.8. The minimum absolute atomic E-state index is 0.260. The van der Waals surface area contributed by atoms with Gasteiger partial charge in [-0.25, -0.2) is 0 Å². The number of hydrogen-bond acceptors (Lipinski definition) is 3. The second-order valence-corrected chi connectivity index (χ2v) is 7.91. The number of ketones is 1. The number of H-pyrrole nitrogens is 1. The van der Waals surface area contributed by atoms with E-state index in [0.29, 0.717) is 29.8 Å². The zero-order chi connectivity index (χ0) is 21.4. The molecule has 3 aromatic carbocycles. The number of nitrogens with zero attached hydrogens (tertiary/aromatic N) is 1. The third-order valence-corrected chi connectivity index (χ3v) is 6.03. The summed E-state index contributed by atoms with van der Waals surface area (Å²) in [6, 6.07) is 24.0. The molecular formula is C26H22N2O3. The lowest BCUT2D eigenvalue weighted by Gasteiger charge is -2.22. The molecule has 0 bridgehead atoms. The molecule has 1 atom stereocenters. The average molecular weight is 410 g/mol. The summed E-state index contributed by atoms with van der Waals surface area (Å²) in [5.41, 5.74) is 1.94. The summed E-state index contributed by atoms with van der Waals surface area (Å²) in [6.45, 7) is 0.416. The Labute approximate surface area is 179 Å². The van der Waals surface area contributed by atoms with Crippen molar-refractivity contribution in [3.05, 3.63) is 102 Å². The highest BCUT2D eigenvalue weighted by Gasteiger charge is 2.50. The monoisotopic (exact) mass is 410 g/mol. The van der Waals surface area contributed by atoms with Crippen LogP contribution in [0.25, 0.3) is 10.9 Å². The molecule has 1 amide bonds. The number of aromatic nitrogens is 1. The lowest BCUT2D eigenvalue weighted by Crippen LogP contribution is -2.42. The van der Waals surface area contributed by atoms with Crippen molar-refractivity contribution < 1.29 is 14.7 Å². The van der Waals surface area contributed by atoms with E-state index in [4.69, 9.17) is 0 Å². The number of rotatable bonds is 6. The highest BCUT2D eigenvalue weighted by Crippen LogP contribution is 2.43. The largest absolute Gasteiger partial charge is 0.375 e. The molecule has 31 heavy (non-hydrogen) atoms. The first-order chi connectivity index (χ1) is 15.1. The fraction of sp³-hybridized carbons (Fsp3) is 0.154. The van der Waals surface area contributed by atoms with Crippen LogP contribution in [0.4, 0.5) is 5.69 Å². The summed E-state index contributed by atoms with van der Waals surface area (Å²) in [5, 5.41) is 12.5. The van der Waals surface area contributed by atoms with Gasteiger partial charge in [-0.15, -0.1) is 0 Å². The number of carbonyl (C=O) groups excluding carboxylic acids is 2. The Bertz CT molecular complexity index is 1280. The van der Waals surface area contributed by atoms with Crippen molar-refractivity contribution in [2.24, 2.45) is 0 Å². The van der Waals surface area contributed by atoms with Gasteiger partial charge in [-0.3, -0.25) is 9.59 Å². The number of carbonyl (C=O) groups is 2. The minimum atomic E-state index is -1.86. The Kier molecular flexibility index (Phi) is 4.68. The number of Topliss-reactive ketones (excluding diaryl/α,β-unsaturated/α-hetero) is 1. The molecule has 0 saturated carbocycles. The van der Waals surface area contributed by atoms with E-state index < -0.39 is 11.5 Å². The molecule has 5 nitrogen and oxygen atoms in total. The first-order valence-corrected chi connectivity index (χ1v) is 10.3. The molecule has 0 spiro atoms. The molecule has 1 aliphatic rings. The molecule has 0 fully saturated rings. The Morgan fingerprint density at radius 1 is 0.935 bits per heavy atom. The highest BCUT2D eigenvalue weighted by molar-refractivity contribution is 6.10. The van der Waals surface area contributed by atoms with Gasteiger partial charge >= 0.3 is 0 Å². The maximum Gasteiger partial charge on any atom is 0.264 e. The van der Waals surface area contributed by atoms with Crippen molar-refractivity contribution in [3.63, 3.8) is 0 Å². The molecule has 5 rings (SSSR count). The lowest BCUT2D eigenvalue weighted by atomic mass is 9.88. The number of para-hydroxylation sites is 2. The predicted octanol–water partition coefficient (Wildman–Crippen LogP) is 4.22. The topological polar surface area (TPSA) is 73.4 Å². The van der Waals surface area contributed by atoms with E-state index in [9.17, 15) is 14.7 Å². The van der Waals surface area contributed by atoms with E-state index >= 15 is 0 Å². The quantitative estimate of drug-likeness (QED) is 0.468. The molecule has 1 aliphatic heterocycles. The number of nitrogens with one attached hydrogen (secondary N) is 1. The number of amides is 1. The van der Waals surface area contributed by atoms with Gasteiger partial charge in [-0.05, 0) is 24.1 Å². The van der Waals surface area contributed by atoms with Gasteiger partial charge in [0.25, 0.3) is 5.91 Å². The molecule has 5 heteroatoms. The Morgan fingerprint density at radius 3 is 2.48 bits per heavy atom. The fourth-order valence-corrected chi connectivity index (χ4v) is 4.43. The highest BCUT2D eigenvalue weighted by atomic mass is 16.3. The molecule has 0 aliphatic carbocycles. The molecule has 154 valence electrons. The SMILES string of the molecule is O=C(CC1(O)C(=O)N(CCc2c[nH]c3ccccc23)c2ccccc21)c1ccccc1. The summed E-state index contributed by atoms with van der Waals surface area (Å²) in [7, 11) is 0. The second kappa shape index (κ2) is 7.52. The van der Waals surface area contributed by atoms with Gasteiger partial charge < -0.3 is 15.0 Å². The Morgan fingerprint density at radius 2 is 1.65 bits per heavy atom. The summed E-state index contributed by atoms with van der Waals surface area (Å²) in [6.07, 6.45) is 2.31. The van der Waals surface area contributed by atoms with Crippen molar-refractivity contribution in [2.45, 2.75) is 18.4 Å². The second-order valence-electron chi connectivity index (χ2n) is 7.91. The predicted molar refractivity (Wildman–Crippen MR) is 120 cm³/mol. The van der Waals surface area contributed by atoms with E-state index in [1.165, 1.54) is 0 Å². The van der Waals surface area contributed by atoms with Crippen LogP contribution < -0.4 is 4.90 Å². The number of anilines is 1. The maximum atomic E-state index is 13.4. The molecule has 2 heterocycles. The molecular weight excluding hydrogens is 388 g/mol. The standard InChI is InChI=1S/C26H22N2O3/c29-24(18-8-2-1-3-9-18)16-26(31)21-11-5-7-13-23(21)28(25(26)30)15-14-19-17-27-22-12-6-4-10-20(19)22/h1-13,17,27,31H,14-16H2. The van der Waals surface area contributed by atoms with Crippen LogP contribution in [-0.2, 0) is 16.8 Å². The van der Waals surface area contributed by atoms with Crippen LogP contribution in [0.2, 0.25) is 0 Å². The first kappa shape index (κ1) is 19.3. The molecule has 0 saturated heterocycles. The van der Waals surface area contributed by atoms with Crippen LogP contribution in [0.15, 0.2) is 85.1 Å². The number of benzene rings is 3. The molecule has 2 N–H and O–H groups in total. The fourth-order valence-electron chi connectivity index (χ4n) is 4.43. The van der Waals surface area contributed by atoms with Crippen LogP contribution in [0, 0.1) is 0 Å². The van der Waals surface area contributed by atoms with E-state index in [-0.39, 0.29) is 12.2 Å². The van der Waals surface area contributed by atoms with Crippen molar-refractivity contribution in [3.8, 4) is 0 Å². The number of hydrogen-bond donors (Lipinski definition) is 2. The van der Waals surface area contributed by atoms with Crippen LogP contribution in [0.1, 0.15) is 27.9 Å². The maximum absolute atomic E-state index is 13.4. The minimum Gasteiger partial charge on any atom is -0.375 e. The van der Waals surface area contributed by atoms with E-state index in [2.05, 4.69) is 11.1 Å². The van der Waals surface area contributed by atoms with Gasteiger partial charge in [0, 0.05) is 34.8 Å².